The molecule has 0 aliphatic carbocycles. The number of halogens is 1. The molecule has 10 heteroatoms. The molecule has 30 heavy (non-hydrogen) atoms. The van der Waals surface area contributed by atoms with E-state index in [2.05, 4.69) is 0 Å². The summed E-state index contributed by atoms with van der Waals surface area (Å²) in [5.41, 5.74) is 7.44. The number of nitrogens with zero attached hydrogens (tertiary/aromatic N) is 3. The number of nitro groups is 1. The molecule has 0 spiro atoms. The van der Waals surface area contributed by atoms with Crippen LogP contribution in [0, 0.1) is 27.3 Å². The second-order valence-corrected chi connectivity index (χ2v) is 8.96. The highest BCUT2D eigenvalue weighted by molar-refractivity contribution is 7.95. The smallest absolute Gasteiger partial charge is 0.269 e. The molecule has 0 aromatic heterocycles. The van der Waals surface area contributed by atoms with Crippen LogP contribution in [0.5, 0.6) is 0 Å². The molecule has 0 amide bonds. The Balaban J connectivity index is 1.94. The normalized spacial score (nSPS) is 20.1. The van der Waals surface area contributed by atoms with Gasteiger partial charge in [0.25, 0.3) is 5.69 Å². The Hall–Kier alpha value is -3.71. The first-order valence-corrected chi connectivity index (χ1v) is 10.6. The molecule has 152 valence electrons. The lowest BCUT2D eigenvalue weighted by atomic mass is 9.87. The van der Waals surface area contributed by atoms with Crippen molar-refractivity contribution in [2.75, 3.05) is 10.7 Å². The van der Waals surface area contributed by atoms with Crippen LogP contribution in [0.4, 0.5) is 15.8 Å². The van der Waals surface area contributed by atoms with Gasteiger partial charge in [0, 0.05) is 29.9 Å². The van der Waals surface area contributed by atoms with Crippen LogP contribution in [0.2, 0.25) is 0 Å². The van der Waals surface area contributed by atoms with Gasteiger partial charge in [0.15, 0.2) is 9.84 Å². The highest BCUT2D eigenvalue weighted by atomic mass is 32.2. The molecule has 0 bridgehead atoms. The van der Waals surface area contributed by atoms with Crippen LogP contribution in [0.15, 0.2) is 70.5 Å². The Morgan fingerprint density at radius 2 is 1.80 bits per heavy atom. The second-order valence-electron chi connectivity index (χ2n) is 6.88. The summed E-state index contributed by atoms with van der Waals surface area (Å²) in [6.45, 7) is 0. The van der Waals surface area contributed by atoms with Gasteiger partial charge in [-0.15, -0.1) is 0 Å². The predicted octanol–water partition coefficient (Wildman–Crippen LogP) is 3.06. The van der Waals surface area contributed by atoms with Crippen molar-refractivity contribution in [2.24, 2.45) is 5.73 Å². The van der Waals surface area contributed by atoms with E-state index in [1.165, 1.54) is 53.4 Å². The number of benzene rings is 2. The molecule has 2 aromatic carbocycles. The lowest BCUT2D eigenvalue weighted by molar-refractivity contribution is -0.384. The largest absolute Gasteiger partial charge is 0.384 e. The zero-order valence-electron chi connectivity index (χ0n) is 15.4. The Morgan fingerprint density at radius 1 is 1.17 bits per heavy atom. The molecule has 4 rings (SSSR count). The molecule has 0 fully saturated rings. The van der Waals surface area contributed by atoms with E-state index in [9.17, 15) is 28.2 Å². The summed E-state index contributed by atoms with van der Waals surface area (Å²) in [6, 6.07) is 12.7. The van der Waals surface area contributed by atoms with Crippen molar-refractivity contribution in [3.05, 3.63) is 92.0 Å². The number of nitriles is 1. The zero-order valence-corrected chi connectivity index (χ0v) is 16.3. The van der Waals surface area contributed by atoms with Crippen molar-refractivity contribution in [1.82, 2.24) is 0 Å². The summed E-state index contributed by atoms with van der Waals surface area (Å²) in [5.74, 6) is -1.53. The monoisotopic (exact) mass is 426 g/mol. The van der Waals surface area contributed by atoms with Gasteiger partial charge in [-0.3, -0.25) is 15.0 Å². The molecule has 2 aliphatic heterocycles. The number of anilines is 1. The number of hydrogen-bond donors (Lipinski definition) is 1. The van der Waals surface area contributed by atoms with E-state index in [1.54, 1.807) is 0 Å². The molecule has 8 nitrogen and oxygen atoms in total. The van der Waals surface area contributed by atoms with Gasteiger partial charge in [0.05, 0.1) is 33.1 Å². The Bertz CT molecular complexity index is 1260. The number of hydrogen-bond acceptors (Lipinski definition) is 7. The van der Waals surface area contributed by atoms with Crippen molar-refractivity contribution in [1.29, 1.82) is 5.26 Å². The van der Waals surface area contributed by atoms with Crippen LogP contribution < -0.4 is 10.6 Å². The van der Waals surface area contributed by atoms with Gasteiger partial charge in [0.1, 0.15) is 11.6 Å². The molecule has 0 radical (unpaired) electrons. The van der Waals surface area contributed by atoms with Crippen LogP contribution in [0.25, 0.3) is 0 Å². The molecule has 2 N–H and O–H groups in total. The first-order chi connectivity index (χ1) is 14.2. The number of sulfone groups is 1. The van der Waals surface area contributed by atoms with Crippen molar-refractivity contribution in [3.63, 3.8) is 0 Å². The Kier molecular flexibility index (Phi) is 4.55. The SMILES string of the molecule is N#CC1=C(N)N(c2ccc(F)cc2)C2=C([C@H]1c1ccc([N+](=O)[O-])cc1)S(=O)(=O)CC2. The average molecular weight is 426 g/mol. The fourth-order valence-corrected chi connectivity index (χ4v) is 5.72. The second kappa shape index (κ2) is 6.96. The molecule has 0 saturated heterocycles. The third-order valence-electron chi connectivity index (χ3n) is 5.21. The maximum Gasteiger partial charge on any atom is 0.269 e. The van der Waals surface area contributed by atoms with Gasteiger partial charge in [-0.1, -0.05) is 12.1 Å². The Labute approximate surface area is 171 Å². The van der Waals surface area contributed by atoms with Crippen LogP contribution in [0.1, 0.15) is 17.9 Å². The summed E-state index contributed by atoms with van der Waals surface area (Å²) >= 11 is 0. The number of allylic oxidation sites excluding steroid dienone is 3. The summed E-state index contributed by atoms with van der Waals surface area (Å²) in [4.78, 5) is 11.9. The quantitative estimate of drug-likeness (QED) is 0.589. The van der Waals surface area contributed by atoms with Gasteiger partial charge in [-0.05, 0) is 29.8 Å². The maximum atomic E-state index is 13.4. The fourth-order valence-electron chi connectivity index (χ4n) is 3.87. The summed E-state index contributed by atoms with van der Waals surface area (Å²) in [5, 5.41) is 20.8. The minimum atomic E-state index is -3.70. The van der Waals surface area contributed by atoms with E-state index < -0.39 is 26.5 Å². The maximum absolute atomic E-state index is 13.4. The van der Waals surface area contributed by atoms with E-state index in [0.29, 0.717) is 16.9 Å². The topological polar surface area (TPSA) is 130 Å². The van der Waals surface area contributed by atoms with Gasteiger partial charge < -0.3 is 5.73 Å². The standard InChI is InChI=1S/C20H15FN4O4S/c21-13-3-7-14(8-4-13)24-17-9-10-30(28,29)19(17)18(16(11-22)20(24)23)12-1-5-15(6-2-12)25(26)27/h1-8,18H,9-10,23H2/t18-/m0/s1. The van der Waals surface area contributed by atoms with Gasteiger partial charge >= 0.3 is 0 Å². The molecular formula is C20H15FN4O4S. The fraction of sp³-hybridized carbons (Fsp3) is 0.150. The molecule has 2 aliphatic rings. The molecule has 1 atom stereocenters. The minimum absolute atomic E-state index is 0.0115. The minimum Gasteiger partial charge on any atom is -0.384 e. The molecular weight excluding hydrogens is 411 g/mol. The first-order valence-electron chi connectivity index (χ1n) is 8.90. The van der Waals surface area contributed by atoms with Gasteiger partial charge in [-0.2, -0.15) is 5.26 Å². The molecule has 0 saturated carbocycles. The third-order valence-corrected chi connectivity index (χ3v) is 7.09. The number of rotatable bonds is 3. The summed E-state index contributed by atoms with van der Waals surface area (Å²) in [7, 11) is -3.70. The summed E-state index contributed by atoms with van der Waals surface area (Å²) in [6.07, 6.45) is 0.179. The van der Waals surface area contributed by atoms with Gasteiger partial charge in [-0.25, -0.2) is 12.8 Å². The average Bonchev–Trinajstić information content (AvgIpc) is 3.03. The van der Waals surface area contributed by atoms with Crippen molar-refractivity contribution >= 4 is 21.2 Å². The van der Waals surface area contributed by atoms with E-state index >= 15 is 0 Å². The van der Waals surface area contributed by atoms with Crippen LogP contribution in [0.3, 0.4) is 0 Å². The van der Waals surface area contributed by atoms with Crippen LogP contribution in [-0.2, 0) is 9.84 Å². The van der Waals surface area contributed by atoms with E-state index in [0.717, 1.165) is 0 Å². The molecule has 0 unspecified atom stereocenters. The number of nitro benzene ring substituents is 1. The van der Waals surface area contributed by atoms with E-state index in [1.807, 2.05) is 6.07 Å². The zero-order chi connectivity index (χ0) is 21.6. The number of non-ortho nitro benzene ring substituents is 1. The highest BCUT2D eigenvalue weighted by Gasteiger charge is 2.45. The van der Waals surface area contributed by atoms with Crippen molar-refractivity contribution in [3.8, 4) is 6.07 Å². The first kappa shape index (κ1) is 19.6. The van der Waals surface area contributed by atoms with E-state index in [4.69, 9.17) is 5.73 Å². The molecule has 2 heterocycles. The summed E-state index contributed by atoms with van der Waals surface area (Å²) < 4.78 is 39.2. The number of nitrogens with two attached hydrogens (primary N) is 1. The van der Waals surface area contributed by atoms with Crippen LogP contribution >= 0.6 is 0 Å². The Morgan fingerprint density at radius 3 is 2.37 bits per heavy atom. The van der Waals surface area contributed by atoms with Gasteiger partial charge in [0.2, 0.25) is 0 Å². The predicted molar refractivity (Wildman–Crippen MR) is 107 cm³/mol. The van der Waals surface area contributed by atoms with Crippen LogP contribution in [-0.4, -0.2) is 19.1 Å². The van der Waals surface area contributed by atoms with Crippen molar-refractivity contribution in [2.45, 2.75) is 12.3 Å². The highest BCUT2D eigenvalue weighted by Crippen LogP contribution is 2.48. The van der Waals surface area contributed by atoms with Crippen molar-refractivity contribution < 1.29 is 17.7 Å². The molecule has 2 aromatic rings. The lowest BCUT2D eigenvalue weighted by Gasteiger charge is -2.35. The van der Waals surface area contributed by atoms with E-state index in [-0.39, 0.29) is 34.2 Å². The lowest BCUT2D eigenvalue weighted by Crippen LogP contribution is -2.34. The third kappa shape index (κ3) is 3.00.